The van der Waals surface area contributed by atoms with E-state index >= 15 is 0 Å². The molecule has 3 amide bonds. The molecule has 1 aromatic rings. The Morgan fingerprint density at radius 2 is 2.00 bits per heavy atom. The average molecular weight is 318 g/mol. The third kappa shape index (κ3) is 2.87. The highest BCUT2D eigenvalue weighted by Crippen LogP contribution is 2.32. The molecular weight excluding hydrogens is 296 g/mol. The highest BCUT2D eigenvalue weighted by molar-refractivity contribution is 6.08. The van der Waals surface area contributed by atoms with Crippen LogP contribution in [0.25, 0.3) is 0 Å². The van der Waals surface area contributed by atoms with Gasteiger partial charge in [0.25, 0.3) is 5.91 Å². The van der Waals surface area contributed by atoms with Crippen molar-refractivity contribution in [3.8, 4) is 0 Å². The summed E-state index contributed by atoms with van der Waals surface area (Å²) in [4.78, 5) is 37.9. The van der Waals surface area contributed by atoms with E-state index in [2.05, 4.69) is 10.4 Å². The molecule has 124 valence electrons. The standard InChI is InChI=1S/C16H22N4O3/c1-9-7-11(18-20(9)16(2,3)4)15(23)19(10-5-6-10)12-8-13(21)17-14(12)22/h7,10,12H,5-6,8H2,1-4H3,(H,17,21,22). The summed E-state index contributed by atoms with van der Waals surface area (Å²) in [7, 11) is 0. The van der Waals surface area contributed by atoms with Crippen LogP contribution in [0.5, 0.6) is 0 Å². The van der Waals surface area contributed by atoms with Crippen LogP contribution in [0, 0.1) is 6.92 Å². The molecule has 7 nitrogen and oxygen atoms in total. The summed E-state index contributed by atoms with van der Waals surface area (Å²) in [5.41, 5.74) is 0.994. The number of carbonyl (C=O) groups is 3. The Kier molecular flexibility index (Phi) is 3.54. The maximum atomic E-state index is 12.9. The molecule has 1 saturated heterocycles. The largest absolute Gasteiger partial charge is 0.322 e. The van der Waals surface area contributed by atoms with Crippen molar-refractivity contribution in [3.05, 3.63) is 17.5 Å². The molecule has 1 unspecified atom stereocenters. The fraction of sp³-hybridized carbons (Fsp3) is 0.625. The van der Waals surface area contributed by atoms with E-state index in [0.717, 1.165) is 18.5 Å². The first-order valence-electron chi connectivity index (χ1n) is 7.92. The van der Waals surface area contributed by atoms with E-state index in [9.17, 15) is 14.4 Å². The van der Waals surface area contributed by atoms with Gasteiger partial charge in [-0.3, -0.25) is 24.4 Å². The van der Waals surface area contributed by atoms with Gasteiger partial charge in [-0.05, 0) is 46.6 Å². The second kappa shape index (κ2) is 5.18. The first-order valence-corrected chi connectivity index (χ1v) is 7.92. The summed E-state index contributed by atoms with van der Waals surface area (Å²) in [5.74, 6) is -0.981. The van der Waals surface area contributed by atoms with Crippen LogP contribution in [-0.2, 0) is 15.1 Å². The second-order valence-corrected chi connectivity index (χ2v) is 7.33. The molecule has 1 atom stereocenters. The van der Waals surface area contributed by atoms with Gasteiger partial charge < -0.3 is 4.90 Å². The predicted molar refractivity (Wildman–Crippen MR) is 82.7 cm³/mol. The lowest BCUT2D eigenvalue weighted by atomic mass is 10.1. The van der Waals surface area contributed by atoms with E-state index in [-0.39, 0.29) is 35.7 Å². The van der Waals surface area contributed by atoms with Crippen LogP contribution >= 0.6 is 0 Å². The summed E-state index contributed by atoms with van der Waals surface area (Å²) in [6.07, 6.45) is 1.77. The van der Waals surface area contributed by atoms with Crippen LogP contribution in [0.15, 0.2) is 6.07 Å². The van der Waals surface area contributed by atoms with E-state index in [0.29, 0.717) is 5.69 Å². The van der Waals surface area contributed by atoms with Gasteiger partial charge in [-0.1, -0.05) is 0 Å². The zero-order valence-corrected chi connectivity index (χ0v) is 13.9. The Hall–Kier alpha value is -2.18. The highest BCUT2D eigenvalue weighted by Gasteiger charge is 2.45. The number of carbonyl (C=O) groups excluding carboxylic acids is 3. The Bertz CT molecular complexity index is 682. The molecule has 7 heteroatoms. The second-order valence-electron chi connectivity index (χ2n) is 7.33. The van der Waals surface area contributed by atoms with Crippen molar-refractivity contribution in [2.75, 3.05) is 0 Å². The Morgan fingerprint density at radius 1 is 1.35 bits per heavy atom. The lowest BCUT2D eigenvalue weighted by Crippen LogP contribution is -2.46. The van der Waals surface area contributed by atoms with Crippen LogP contribution in [0.2, 0.25) is 0 Å². The molecule has 1 saturated carbocycles. The molecule has 1 N–H and O–H groups in total. The number of hydrogen-bond donors (Lipinski definition) is 1. The number of aryl methyl sites for hydroxylation is 1. The van der Waals surface area contributed by atoms with Crippen molar-refractivity contribution >= 4 is 17.7 Å². The Balaban J connectivity index is 1.91. The van der Waals surface area contributed by atoms with Gasteiger partial charge in [0.05, 0.1) is 12.0 Å². The smallest absolute Gasteiger partial charge is 0.275 e. The van der Waals surface area contributed by atoms with E-state index in [1.165, 1.54) is 0 Å². The number of amides is 3. The molecule has 0 aromatic carbocycles. The van der Waals surface area contributed by atoms with Gasteiger partial charge in [-0.2, -0.15) is 5.10 Å². The molecule has 1 aliphatic carbocycles. The van der Waals surface area contributed by atoms with Crippen molar-refractivity contribution in [2.45, 2.75) is 64.6 Å². The fourth-order valence-electron chi connectivity index (χ4n) is 3.07. The van der Waals surface area contributed by atoms with Crippen molar-refractivity contribution in [2.24, 2.45) is 0 Å². The Morgan fingerprint density at radius 3 is 2.43 bits per heavy atom. The molecule has 1 aromatic heterocycles. The topological polar surface area (TPSA) is 84.3 Å². The zero-order chi connectivity index (χ0) is 16.9. The fourth-order valence-corrected chi connectivity index (χ4v) is 3.07. The SMILES string of the molecule is Cc1cc(C(=O)N(C2CC2)C2CC(=O)NC2=O)nn1C(C)(C)C. The average Bonchev–Trinajstić information content (AvgIpc) is 3.08. The minimum atomic E-state index is -0.706. The van der Waals surface area contributed by atoms with Crippen molar-refractivity contribution in [3.63, 3.8) is 0 Å². The number of nitrogens with zero attached hydrogens (tertiary/aromatic N) is 3. The molecule has 0 spiro atoms. The van der Waals surface area contributed by atoms with Gasteiger partial charge in [0.15, 0.2) is 5.69 Å². The normalized spacial score (nSPS) is 21.5. The van der Waals surface area contributed by atoms with Gasteiger partial charge in [-0.25, -0.2) is 0 Å². The summed E-state index contributed by atoms with van der Waals surface area (Å²) in [6, 6.07) is 1.07. The van der Waals surface area contributed by atoms with E-state index in [1.807, 2.05) is 32.4 Å². The van der Waals surface area contributed by atoms with Crippen LogP contribution in [0.4, 0.5) is 0 Å². The van der Waals surface area contributed by atoms with Gasteiger partial charge >= 0.3 is 0 Å². The molecule has 2 fully saturated rings. The van der Waals surface area contributed by atoms with Crippen LogP contribution in [0.1, 0.15) is 56.2 Å². The van der Waals surface area contributed by atoms with Crippen molar-refractivity contribution in [1.29, 1.82) is 0 Å². The predicted octanol–water partition coefficient (Wildman–Crippen LogP) is 0.966. The molecule has 2 heterocycles. The zero-order valence-electron chi connectivity index (χ0n) is 13.9. The number of aromatic nitrogens is 2. The quantitative estimate of drug-likeness (QED) is 0.842. The number of rotatable bonds is 3. The maximum absolute atomic E-state index is 12.9. The van der Waals surface area contributed by atoms with E-state index in [1.54, 1.807) is 11.0 Å². The summed E-state index contributed by atoms with van der Waals surface area (Å²) in [6.45, 7) is 7.96. The lowest BCUT2D eigenvalue weighted by molar-refractivity contribution is -0.126. The Labute approximate surface area is 135 Å². The molecule has 23 heavy (non-hydrogen) atoms. The van der Waals surface area contributed by atoms with E-state index < -0.39 is 6.04 Å². The maximum Gasteiger partial charge on any atom is 0.275 e. The van der Waals surface area contributed by atoms with Crippen molar-refractivity contribution in [1.82, 2.24) is 20.0 Å². The van der Waals surface area contributed by atoms with Crippen LogP contribution in [-0.4, -0.2) is 44.5 Å². The van der Waals surface area contributed by atoms with Gasteiger partial charge in [0, 0.05) is 11.7 Å². The molecule has 0 bridgehead atoms. The molecule has 2 aliphatic rings. The van der Waals surface area contributed by atoms with Gasteiger partial charge in [0.1, 0.15) is 6.04 Å². The molecular formula is C16H22N4O3. The minimum Gasteiger partial charge on any atom is -0.322 e. The molecule has 1 aliphatic heterocycles. The summed E-state index contributed by atoms with van der Waals surface area (Å²) < 4.78 is 1.81. The van der Waals surface area contributed by atoms with Gasteiger partial charge in [-0.15, -0.1) is 0 Å². The number of imide groups is 1. The number of hydrogen-bond acceptors (Lipinski definition) is 4. The first-order chi connectivity index (χ1) is 10.7. The summed E-state index contributed by atoms with van der Waals surface area (Å²) >= 11 is 0. The third-order valence-corrected chi connectivity index (χ3v) is 4.20. The lowest BCUT2D eigenvalue weighted by Gasteiger charge is -2.26. The van der Waals surface area contributed by atoms with Crippen LogP contribution in [0.3, 0.4) is 0 Å². The summed E-state index contributed by atoms with van der Waals surface area (Å²) in [5, 5.41) is 6.72. The van der Waals surface area contributed by atoms with Crippen LogP contribution < -0.4 is 5.32 Å². The third-order valence-electron chi connectivity index (χ3n) is 4.20. The monoisotopic (exact) mass is 318 g/mol. The van der Waals surface area contributed by atoms with E-state index in [4.69, 9.17) is 0 Å². The molecule has 0 radical (unpaired) electrons. The minimum absolute atomic E-state index is 0.0317. The first kappa shape index (κ1) is 15.7. The van der Waals surface area contributed by atoms with Gasteiger partial charge in [0.2, 0.25) is 11.8 Å². The number of nitrogens with one attached hydrogen (secondary N) is 1. The highest BCUT2D eigenvalue weighted by atomic mass is 16.2. The molecule has 3 rings (SSSR count). The van der Waals surface area contributed by atoms with Crippen molar-refractivity contribution < 1.29 is 14.4 Å².